The summed E-state index contributed by atoms with van der Waals surface area (Å²) >= 11 is 0. The van der Waals surface area contributed by atoms with Gasteiger partial charge in [-0.3, -0.25) is 4.98 Å². The van der Waals surface area contributed by atoms with Crippen molar-refractivity contribution in [3.8, 4) is 16.9 Å². The zero-order chi connectivity index (χ0) is 25.2. The molecular weight excluding hydrogens is 466 g/mol. The second-order valence-electron chi connectivity index (χ2n) is 9.97. The molecule has 0 N–H and O–H groups in total. The molecule has 38 heavy (non-hydrogen) atoms. The molecule has 0 saturated heterocycles. The number of hydrogen-bond donors (Lipinski definition) is 0. The Hall–Kier alpha value is -5.03. The average molecular weight is 492 g/mol. The Balaban J connectivity index is 1.42. The summed E-state index contributed by atoms with van der Waals surface area (Å²) in [5.74, 6) is 0. The van der Waals surface area contributed by atoms with Crippen LogP contribution in [0, 0.1) is 0 Å². The van der Waals surface area contributed by atoms with Crippen LogP contribution in [0.4, 0.5) is 22.7 Å². The van der Waals surface area contributed by atoms with E-state index in [2.05, 4.69) is 135 Å². The molecular formula is C33H25N5. The molecule has 6 aromatic rings. The maximum Gasteiger partial charge on any atom is 0.0938 e. The van der Waals surface area contributed by atoms with Crippen molar-refractivity contribution in [3.05, 3.63) is 122 Å². The van der Waals surface area contributed by atoms with Crippen LogP contribution in [0.5, 0.6) is 0 Å². The molecule has 0 unspecified atom stereocenters. The second-order valence-corrected chi connectivity index (χ2v) is 9.97. The van der Waals surface area contributed by atoms with Crippen LogP contribution in [0.25, 0.3) is 38.8 Å². The number of fused-ring (bicyclic) bond motifs is 5. The van der Waals surface area contributed by atoms with Gasteiger partial charge in [0.2, 0.25) is 0 Å². The van der Waals surface area contributed by atoms with Crippen molar-refractivity contribution in [1.82, 2.24) is 14.5 Å². The number of pyridine rings is 1. The monoisotopic (exact) mass is 491 g/mol. The number of nitrogens with zero attached hydrogens (tertiary/aromatic N) is 5. The molecule has 2 aliphatic rings. The summed E-state index contributed by atoms with van der Waals surface area (Å²) < 4.78 is 2.43. The number of anilines is 4. The first-order chi connectivity index (χ1) is 18.8. The lowest BCUT2D eigenvalue weighted by Crippen LogP contribution is -2.22. The molecule has 5 heteroatoms. The number of benzene rings is 4. The lowest BCUT2D eigenvalue weighted by Gasteiger charge is -2.34. The van der Waals surface area contributed by atoms with Gasteiger partial charge in [0.05, 0.1) is 40.5 Å². The van der Waals surface area contributed by atoms with Gasteiger partial charge in [-0.05, 0) is 54.6 Å². The lowest BCUT2D eigenvalue weighted by molar-refractivity contribution is 0.496. The molecule has 0 bridgehead atoms. The highest BCUT2D eigenvalue weighted by molar-refractivity contribution is 6.16. The third-order valence-electron chi connectivity index (χ3n) is 7.63. The predicted octanol–water partition coefficient (Wildman–Crippen LogP) is 7.81. The molecule has 0 fully saturated rings. The molecule has 0 radical (unpaired) electrons. The first kappa shape index (κ1) is 21.1. The smallest absolute Gasteiger partial charge is 0.0938 e. The van der Waals surface area contributed by atoms with Gasteiger partial charge in [-0.15, -0.1) is 0 Å². The number of aromatic nitrogens is 2. The van der Waals surface area contributed by atoms with Crippen molar-refractivity contribution in [2.45, 2.75) is 0 Å². The summed E-state index contributed by atoms with van der Waals surface area (Å²) in [6.07, 6.45) is 6.11. The van der Waals surface area contributed by atoms with E-state index in [1.807, 2.05) is 18.3 Å². The van der Waals surface area contributed by atoms with Gasteiger partial charge in [0.25, 0.3) is 0 Å². The second kappa shape index (κ2) is 7.98. The van der Waals surface area contributed by atoms with E-state index in [-0.39, 0.29) is 0 Å². The summed E-state index contributed by atoms with van der Waals surface area (Å²) in [6.45, 7) is 0.841. The molecule has 0 spiro atoms. The Kier molecular flexibility index (Phi) is 4.43. The summed E-state index contributed by atoms with van der Waals surface area (Å²) in [5.41, 5.74) is 10.3. The summed E-state index contributed by atoms with van der Waals surface area (Å²) in [7, 11) is 2.10. The van der Waals surface area contributed by atoms with E-state index in [0.717, 1.165) is 29.3 Å². The Bertz CT molecular complexity index is 1890. The van der Waals surface area contributed by atoms with E-state index in [0.29, 0.717) is 0 Å². The van der Waals surface area contributed by atoms with Crippen LogP contribution in [0.1, 0.15) is 0 Å². The lowest BCUT2D eigenvalue weighted by atomic mass is 10.0. The maximum absolute atomic E-state index is 4.65. The van der Waals surface area contributed by atoms with E-state index in [1.165, 1.54) is 38.9 Å². The van der Waals surface area contributed by atoms with Gasteiger partial charge >= 0.3 is 0 Å². The Morgan fingerprint density at radius 2 is 1.50 bits per heavy atom. The fourth-order valence-corrected chi connectivity index (χ4v) is 5.93. The normalized spacial score (nSPS) is 14.1. The SMILES string of the molecule is CN1C=CN(c2cccc(N3c4cc(-c5ccccn5)ccc4-n4c5ccccc5c5cccc3c54)c2)C1. The quantitative estimate of drug-likeness (QED) is 0.252. The van der Waals surface area contributed by atoms with Gasteiger partial charge in [0.15, 0.2) is 0 Å². The Labute approximate surface area is 221 Å². The maximum atomic E-state index is 4.65. The molecule has 4 heterocycles. The van der Waals surface area contributed by atoms with E-state index >= 15 is 0 Å². The molecule has 2 aliphatic heterocycles. The number of rotatable bonds is 3. The fraction of sp³-hybridized carbons (Fsp3) is 0.0606. The highest BCUT2D eigenvalue weighted by atomic mass is 15.3. The van der Waals surface area contributed by atoms with Crippen molar-refractivity contribution in [3.63, 3.8) is 0 Å². The zero-order valence-corrected chi connectivity index (χ0v) is 21.0. The Morgan fingerprint density at radius 1 is 0.658 bits per heavy atom. The Morgan fingerprint density at radius 3 is 2.37 bits per heavy atom. The molecule has 4 aromatic carbocycles. The van der Waals surface area contributed by atoms with Gasteiger partial charge in [0, 0.05) is 53.4 Å². The number of para-hydroxylation sites is 2. The standard InChI is InChI=1S/C33H25N5/c1-35-18-19-36(22-35)24-8-6-9-25(21-24)37-31-14-7-11-27-26-10-2-3-13-29(26)38(33(27)31)30-16-15-23(20-32(30)37)28-12-4-5-17-34-28/h2-21H,22H2,1H3. The summed E-state index contributed by atoms with van der Waals surface area (Å²) in [4.78, 5) is 11.5. The largest absolute Gasteiger partial charge is 0.361 e. The zero-order valence-electron chi connectivity index (χ0n) is 21.0. The molecule has 0 amide bonds. The van der Waals surface area contributed by atoms with Gasteiger partial charge in [-0.1, -0.05) is 48.5 Å². The van der Waals surface area contributed by atoms with E-state index in [4.69, 9.17) is 0 Å². The van der Waals surface area contributed by atoms with Crippen molar-refractivity contribution in [1.29, 1.82) is 0 Å². The first-order valence-electron chi connectivity index (χ1n) is 12.9. The minimum absolute atomic E-state index is 0.841. The number of hydrogen-bond acceptors (Lipinski definition) is 4. The highest BCUT2D eigenvalue weighted by Crippen LogP contribution is 2.50. The van der Waals surface area contributed by atoms with Crippen LogP contribution in [0.3, 0.4) is 0 Å². The van der Waals surface area contributed by atoms with Crippen molar-refractivity contribution < 1.29 is 0 Å². The minimum Gasteiger partial charge on any atom is -0.361 e. The van der Waals surface area contributed by atoms with E-state index in [9.17, 15) is 0 Å². The molecule has 182 valence electrons. The highest BCUT2D eigenvalue weighted by Gasteiger charge is 2.29. The topological polar surface area (TPSA) is 27.5 Å². The summed E-state index contributed by atoms with van der Waals surface area (Å²) in [6, 6.07) is 37.0. The van der Waals surface area contributed by atoms with Crippen molar-refractivity contribution in [2.24, 2.45) is 0 Å². The van der Waals surface area contributed by atoms with Crippen LogP contribution in [-0.2, 0) is 0 Å². The van der Waals surface area contributed by atoms with Crippen molar-refractivity contribution in [2.75, 3.05) is 23.5 Å². The molecule has 8 rings (SSSR count). The molecule has 0 aliphatic carbocycles. The van der Waals surface area contributed by atoms with Crippen LogP contribution in [-0.4, -0.2) is 28.2 Å². The third-order valence-corrected chi connectivity index (χ3v) is 7.63. The van der Waals surface area contributed by atoms with Crippen LogP contribution < -0.4 is 9.80 Å². The van der Waals surface area contributed by atoms with Crippen LogP contribution in [0.2, 0.25) is 0 Å². The molecule has 2 aromatic heterocycles. The fourth-order valence-electron chi connectivity index (χ4n) is 5.93. The molecule has 5 nitrogen and oxygen atoms in total. The van der Waals surface area contributed by atoms with Gasteiger partial charge in [-0.25, -0.2) is 0 Å². The summed E-state index contributed by atoms with van der Waals surface area (Å²) in [5, 5.41) is 2.53. The minimum atomic E-state index is 0.841. The first-order valence-corrected chi connectivity index (χ1v) is 12.9. The van der Waals surface area contributed by atoms with Gasteiger partial charge in [-0.2, -0.15) is 0 Å². The molecule has 0 saturated carbocycles. The van der Waals surface area contributed by atoms with Crippen LogP contribution >= 0.6 is 0 Å². The van der Waals surface area contributed by atoms with Gasteiger partial charge < -0.3 is 19.3 Å². The van der Waals surface area contributed by atoms with E-state index in [1.54, 1.807) is 0 Å². The van der Waals surface area contributed by atoms with Gasteiger partial charge in [0.1, 0.15) is 0 Å². The van der Waals surface area contributed by atoms with Crippen LogP contribution in [0.15, 0.2) is 122 Å². The third kappa shape index (κ3) is 3.02. The predicted molar refractivity (Wildman–Crippen MR) is 157 cm³/mol. The van der Waals surface area contributed by atoms with Crippen molar-refractivity contribution >= 4 is 44.6 Å². The average Bonchev–Trinajstić information content (AvgIpc) is 3.56. The van der Waals surface area contributed by atoms with E-state index < -0.39 is 0 Å². The molecule has 0 atom stereocenters.